The van der Waals surface area contributed by atoms with Crippen LogP contribution in [-0.4, -0.2) is 47.9 Å². The summed E-state index contributed by atoms with van der Waals surface area (Å²) in [6, 6.07) is 9.07. The fraction of sp³-hybridized carbons (Fsp3) is 0.250. The second-order valence-corrected chi connectivity index (χ2v) is 4.71. The highest BCUT2D eigenvalue weighted by Gasteiger charge is 2.17. The van der Waals surface area contributed by atoms with Gasteiger partial charge in [0.05, 0.1) is 13.2 Å². The summed E-state index contributed by atoms with van der Waals surface area (Å²) in [6.07, 6.45) is 5.26. The van der Waals surface area contributed by atoms with Gasteiger partial charge in [-0.1, -0.05) is 36.4 Å². The Hall–Kier alpha value is -2.40. The molecular weight excluding hydrogens is 268 g/mol. The SMILES string of the molecule is O=C(NCCO)C1=CC=CN(CC(=O)c2ccccc2)C1. The summed E-state index contributed by atoms with van der Waals surface area (Å²) in [5.41, 5.74) is 1.23. The van der Waals surface area contributed by atoms with Gasteiger partial charge >= 0.3 is 0 Å². The molecule has 1 amide bonds. The number of allylic oxidation sites excluding steroid dienone is 2. The van der Waals surface area contributed by atoms with Gasteiger partial charge in [0.25, 0.3) is 0 Å². The van der Waals surface area contributed by atoms with E-state index in [0.717, 1.165) is 0 Å². The van der Waals surface area contributed by atoms with E-state index in [1.807, 2.05) is 18.2 Å². The van der Waals surface area contributed by atoms with E-state index < -0.39 is 0 Å². The van der Waals surface area contributed by atoms with E-state index in [1.54, 1.807) is 35.4 Å². The van der Waals surface area contributed by atoms with Gasteiger partial charge in [-0.3, -0.25) is 9.59 Å². The summed E-state index contributed by atoms with van der Waals surface area (Å²) in [5.74, 6) is -0.206. The zero-order valence-electron chi connectivity index (χ0n) is 11.7. The number of rotatable bonds is 6. The lowest BCUT2D eigenvalue weighted by atomic mass is 10.1. The van der Waals surface area contributed by atoms with Crippen molar-refractivity contribution in [2.24, 2.45) is 0 Å². The number of aliphatic hydroxyl groups excluding tert-OH is 1. The lowest BCUT2D eigenvalue weighted by Gasteiger charge is -2.23. The maximum absolute atomic E-state index is 12.1. The highest BCUT2D eigenvalue weighted by molar-refractivity contribution is 5.98. The van der Waals surface area contributed by atoms with Crippen LogP contribution in [-0.2, 0) is 4.79 Å². The Kier molecular flexibility index (Phi) is 5.29. The molecule has 0 aliphatic carbocycles. The predicted octanol–water partition coefficient (Wildman–Crippen LogP) is 0.733. The van der Waals surface area contributed by atoms with Crippen molar-refractivity contribution < 1.29 is 14.7 Å². The normalized spacial score (nSPS) is 13.8. The maximum Gasteiger partial charge on any atom is 0.249 e. The van der Waals surface area contributed by atoms with Gasteiger partial charge in [-0.05, 0) is 12.3 Å². The van der Waals surface area contributed by atoms with Crippen LogP contribution in [0.5, 0.6) is 0 Å². The van der Waals surface area contributed by atoms with Gasteiger partial charge in [-0.2, -0.15) is 0 Å². The van der Waals surface area contributed by atoms with Crippen molar-refractivity contribution in [1.82, 2.24) is 10.2 Å². The molecule has 0 atom stereocenters. The summed E-state index contributed by atoms with van der Waals surface area (Å²) < 4.78 is 0. The number of ketones is 1. The number of amides is 1. The molecular formula is C16H18N2O3. The number of hydrogen-bond donors (Lipinski definition) is 2. The molecule has 0 fully saturated rings. The Balaban J connectivity index is 1.92. The molecule has 0 spiro atoms. The molecule has 21 heavy (non-hydrogen) atoms. The number of nitrogens with zero attached hydrogens (tertiary/aromatic N) is 1. The number of nitrogens with one attached hydrogen (secondary N) is 1. The van der Waals surface area contributed by atoms with Crippen LogP contribution in [0, 0.1) is 0 Å². The van der Waals surface area contributed by atoms with Gasteiger partial charge in [0.15, 0.2) is 5.78 Å². The van der Waals surface area contributed by atoms with Crippen LogP contribution in [0.15, 0.2) is 54.3 Å². The molecule has 0 radical (unpaired) electrons. The molecule has 1 aromatic carbocycles. The molecule has 0 unspecified atom stereocenters. The van der Waals surface area contributed by atoms with Crippen LogP contribution in [0.3, 0.4) is 0 Å². The average Bonchev–Trinajstić information content (AvgIpc) is 2.53. The Morgan fingerprint density at radius 1 is 1.24 bits per heavy atom. The largest absolute Gasteiger partial charge is 0.395 e. The first-order valence-electron chi connectivity index (χ1n) is 6.79. The summed E-state index contributed by atoms with van der Waals surface area (Å²) in [7, 11) is 0. The first-order valence-corrected chi connectivity index (χ1v) is 6.79. The Morgan fingerprint density at radius 3 is 2.71 bits per heavy atom. The lowest BCUT2D eigenvalue weighted by Crippen LogP contribution is -2.35. The number of benzene rings is 1. The molecule has 2 N–H and O–H groups in total. The molecule has 1 heterocycles. The van der Waals surface area contributed by atoms with Crippen molar-refractivity contribution in [1.29, 1.82) is 0 Å². The Morgan fingerprint density at radius 2 is 2.00 bits per heavy atom. The fourth-order valence-electron chi connectivity index (χ4n) is 2.04. The molecule has 5 nitrogen and oxygen atoms in total. The zero-order valence-corrected chi connectivity index (χ0v) is 11.7. The Bertz CT molecular complexity index is 564. The Labute approximate surface area is 123 Å². The number of Topliss-reactive ketones (excluding diaryl/α,β-unsaturated/α-hetero) is 1. The first kappa shape index (κ1) is 15.0. The van der Waals surface area contributed by atoms with Gasteiger partial charge in [-0.15, -0.1) is 0 Å². The van der Waals surface area contributed by atoms with Crippen molar-refractivity contribution in [3.05, 3.63) is 59.8 Å². The highest BCUT2D eigenvalue weighted by Crippen LogP contribution is 2.09. The quantitative estimate of drug-likeness (QED) is 0.757. The number of aliphatic hydroxyl groups is 1. The second kappa shape index (κ2) is 7.40. The smallest absolute Gasteiger partial charge is 0.249 e. The molecule has 0 saturated heterocycles. The minimum atomic E-state index is -0.217. The molecule has 0 aromatic heterocycles. The van der Waals surface area contributed by atoms with E-state index in [0.29, 0.717) is 17.7 Å². The topological polar surface area (TPSA) is 69.6 Å². The second-order valence-electron chi connectivity index (χ2n) is 4.71. The minimum Gasteiger partial charge on any atom is -0.395 e. The van der Waals surface area contributed by atoms with Crippen molar-refractivity contribution in [3.8, 4) is 0 Å². The molecule has 0 saturated carbocycles. The third kappa shape index (κ3) is 4.29. The summed E-state index contributed by atoms with van der Waals surface area (Å²) >= 11 is 0. The number of hydrogen-bond acceptors (Lipinski definition) is 4. The summed E-state index contributed by atoms with van der Waals surface area (Å²) in [4.78, 5) is 25.7. The summed E-state index contributed by atoms with van der Waals surface area (Å²) in [6.45, 7) is 0.741. The van der Waals surface area contributed by atoms with Crippen molar-refractivity contribution >= 4 is 11.7 Å². The van der Waals surface area contributed by atoms with Gasteiger partial charge in [0.1, 0.15) is 0 Å². The van der Waals surface area contributed by atoms with Crippen molar-refractivity contribution in [3.63, 3.8) is 0 Å². The molecule has 110 valence electrons. The van der Waals surface area contributed by atoms with Gasteiger partial charge in [-0.25, -0.2) is 0 Å². The third-order valence-electron chi connectivity index (χ3n) is 3.10. The lowest BCUT2D eigenvalue weighted by molar-refractivity contribution is -0.117. The molecule has 1 aliphatic heterocycles. The molecule has 5 heteroatoms. The van der Waals surface area contributed by atoms with Crippen LogP contribution < -0.4 is 5.32 Å². The van der Waals surface area contributed by atoms with Crippen LogP contribution in [0.4, 0.5) is 0 Å². The standard InChI is InChI=1S/C16H18N2O3/c19-10-8-17-16(21)14-7-4-9-18(11-14)12-15(20)13-5-2-1-3-6-13/h1-7,9,19H,8,10-12H2,(H,17,21). The maximum atomic E-state index is 12.1. The number of carbonyl (C=O) groups excluding carboxylic acids is 2. The van der Waals surface area contributed by atoms with E-state index in [9.17, 15) is 9.59 Å². The van der Waals surface area contributed by atoms with Crippen LogP contribution >= 0.6 is 0 Å². The van der Waals surface area contributed by atoms with Crippen LogP contribution in [0.25, 0.3) is 0 Å². The average molecular weight is 286 g/mol. The van der Waals surface area contributed by atoms with Crippen LogP contribution in [0.2, 0.25) is 0 Å². The third-order valence-corrected chi connectivity index (χ3v) is 3.10. The van der Waals surface area contributed by atoms with Gasteiger partial charge in [0.2, 0.25) is 5.91 Å². The van der Waals surface area contributed by atoms with Crippen molar-refractivity contribution in [2.45, 2.75) is 0 Å². The fourth-order valence-corrected chi connectivity index (χ4v) is 2.04. The molecule has 2 rings (SSSR count). The predicted molar refractivity (Wildman–Crippen MR) is 79.7 cm³/mol. The summed E-state index contributed by atoms with van der Waals surface area (Å²) in [5, 5.41) is 11.3. The minimum absolute atomic E-state index is 0.0114. The van der Waals surface area contributed by atoms with Gasteiger partial charge in [0, 0.05) is 24.2 Å². The monoisotopic (exact) mass is 286 g/mol. The van der Waals surface area contributed by atoms with Gasteiger partial charge < -0.3 is 15.3 Å². The highest BCUT2D eigenvalue weighted by atomic mass is 16.3. The van der Waals surface area contributed by atoms with Crippen LogP contribution in [0.1, 0.15) is 10.4 Å². The molecule has 1 aliphatic rings. The zero-order chi connectivity index (χ0) is 15.1. The van der Waals surface area contributed by atoms with E-state index >= 15 is 0 Å². The van der Waals surface area contributed by atoms with E-state index in [1.165, 1.54) is 0 Å². The number of carbonyl (C=O) groups is 2. The molecule has 0 bridgehead atoms. The first-order chi connectivity index (χ1) is 10.2. The van der Waals surface area contributed by atoms with Crippen molar-refractivity contribution in [2.75, 3.05) is 26.2 Å². The van der Waals surface area contributed by atoms with E-state index in [2.05, 4.69) is 5.32 Å². The van der Waals surface area contributed by atoms with E-state index in [-0.39, 0.29) is 31.4 Å². The molecule has 1 aromatic rings. The van der Waals surface area contributed by atoms with E-state index in [4.69, 9.17) is 5.11 Å².